The lowest BCUT2D eigenvalue weighted by molar-refractivity contribution is 0.270. The molecule has 1 aliphatic rings. The van der Waals surface area contributed by atoms with Gasteiger partial charge in [-0.1, -0.05) is 50.8 Å². The van der Waals surface area contributed by atoms with Crippen LogP contribution in [-0.2, 0) is 5.41 Å². The molecule has 0 atom stereocenters. The molecule has 2 rings (SSSR count). The van der Waals surface area contributed by atoms with Crippen molar-refractivity contribution >= 4 is 22.6 Å². The summed E-state index contributed by atoms with van der Waals surface area (Å²) in [6.07, 6.45) is 9.77. The van der Waals surface area contributed by atoms with Crippen molar-refractivity contribution in [1.82, 2.24) is 0 Å². The molecule has 0 bridgehead atoms. The highest BCUT2D eigenvalue weighted by Crippen LogP contribution is 2.44. The molecule has 88 valence electrons. The van der Waals surface area contributed by atoms with Crippen LogP contribution < -0.4 is 0 Å². The summed E-state index contributed by atoms with van der Waals surface area (Å²) in [5.74, 6) is 0. The molecule has 1 aromatic rings. The van der Waals surface area contributed by atoms with Crippen molar-refractivity contribution < 1.29 is 0 Å². The molecular weight excluding hydrogens is 307 g/mol. The highest BCUT2D eigenvalue weighted by atomic mass is 127. The van der Waals surface area contributed by atoms with Gasteiger partial charge in [0, 0.05) is 3.57 Å². The van der Waals surface area contributed by atoms with Gasteiger partial charge in [-0.2, -0.15) is 0 Å². The van der Waals surface area contributed by atoms with E-state index >= 15 is 0 Å². The third-order valence-corrected chi connectivity index (χ3v) is 4.93. The fourth-order valence-corrected chi connectivity index (χ4v) is 4.21. The van der Waals surface area contributed by atoms with Crippen molar-refractivity contribution in [2.24, 2.45) is 0 Å². The summed E-state index contributed by atoms with van der Waals surface area (Å²) in [4.78, 5) is 0. The number of hydrogen-bond donors (Lipinski definition) is 0. The van der Waals surface area contributed by atoms with Crippen LogP contribution in [0.2, 0.25) is 0 Å². The minimum atomic E-state index is 0.505. The lowest BCUT2D eigenvalue weighted by Gasteiger charge is -2.38. The molecule has 0 saturated heterocycles. The normalized spacial score (nSPS) is 19.6. The van der Waals surface area contributed by atoms with Crippen LogP contribution in [0.1, 0.15) is 57.4 Å². The van der Waals surface area contributed by atoms with Crippen LogP contribution in [0.5, 0.6) is 0 Å². The van der Waals surface area contributed by atoms with Gasteiger partial charge >= 0.3 is 0 Å². The molecule has 0 unspecified atom stereocenters. The topological polar surface area (TPSA) is 0 Å². The summed E-state index contributed by atoms with van der Waals surface area (Å²) < 4.78 is 1.47. The van der Waals surface area contributed by atoms with Gasteiger partial charge in [-0.15, -0.1) is 0 Å². The number of benzene rings is 1. The van der Waals surface area contributed by atoms with E-state index in [9.17, 15) is 0 Å². The maximum atomic E-state index is 2.51. The van der Waals surface area contributed by atoms with E-state index in [1.807, 2.05) is 0 Å². The molecular formula is C15H21I. The number of rotatable bonds is 3. The summed E-state index contributed by atoms with van der Waals surface area (Å²) in [7, 11) is 0. The van der Waals surface area contributed by atoms with Crippen LogP contribution in [0.25, 0.3) is 0 Å². The Kier molecular flexibility index (Phi) is 4.28. The standard InChI is InChI=1S/C15H21I/c1-2-10-15(11-6-3-7-12-15)13-8-4-5-9-14(13)16/h4-5,8-9H,2-3,6-7,10-12H2,1H3. The second-order valence-electron chi connectivity index (χ2n) is 5.07. The zero-order chi connectivity index (χ0) is 11.4. The molecule has 1 saturated carbocycles. The van der Waals surface area contributed by atoms with Crippen molar-refractivity contribution in [3.8, 4) is 0 Å². The summed E-state index contributed by atoms with van der Waals surface area (Å²) in [6, 6.07) is 9.00. The molecule has 0 spiro atoms. The number of halogens is 1. The minimum Gasteiger partial charge on any atom is -0.0654 e. The van der Waals surface area contributed by atoms with E-state index in [0.717, 1.165) is 0 Å². The predicted molar refractivity (Wildman–Crippen MR) is 78.8 cm³/mol. The zero-order valence-electron chi connectivity index (χ0n) is 10.1. The van der Waals surface area contributed by atoms with Crippen LogP contribution in [-0.4, -0.2) is 0 Å². The Morgan fingerprint density at radius 1 is 1.12 bits per heavy atom. The van der Waals surface area contributed by atoms with Crippen LogP contribution in [0.3, 0.4) is 0 Å². The quantitative estimate of drug-likeness (QED) is 0.661. The van der Waals surface area contributed by atoms with Gasteiger partial charge in [0.1, 0.15) is 0 Å². The molecule has 1 aliphatic carbocycles. The third-order valence-electron chi connectivity index (χ3n) is 3.98. The molecule has 0 aliphatic heterocycles. The maximum Gasteiger partial charge on any atom is 0.0168 e. The minimum absolute atomic E-state index is 0.505. The molecule has 0 radical (unpaired) electrons. The summed E-state index contributed by atoms with van der Waals surface area (Å²) in [6.45, 7) is 2.33. The Bertz CT molecular complexity index is 332. The first kappa shape index (κ1) is 12.4. The van der Waals surface area contributed by atoms with E-state index in [4.69, 9.17) is 0 Å². The first-order valence-corrected chi connectivity index (χ1v) is 7.61. The Morgan fingerprint density at radius 3 is 2.44 bits per heavy atom. The van der Waals surface area contributed by atoms with Gasteiger partial charge in [-0.05, 0) is 58.9 Å². The van der Waals surface area contributed by atoms with E-state index in [2.05, 4.69) is 53.8 Å². The van der Waals surface area contributed by atoms with Gasteiger partial charge in [0.15, 0.2) is 0 Å². The largest absolute Gasteiger partial charge is 0.0654 e. The van der Waals surface area contributed by atoms with Crippen LogP contribution in [0, 0.1) is 3.57 Å². The van der Waals surface area contributed by atoms with Crippen LogP contribution in [0.15, 0.2) is 24.3 Å². The van der Waals surface area contributed by atoms with Gasteiger partial charge in [-0.3, -0.25) is 0 Å². The van der Waals surface area contributed by atoms with Crippen LogP contribution in [0.4, 0.5) is 0 Å². The van der Waals surface area contributed by atoms with Crippen LogP contribution >= 0.6 is 22.6 Å². The second kappa shape index (κ2) is 5.52. The zero-order valence-corrected chi connectivity index (χ0v) is 12.3. The van der Waals surface area contributed by atoms with Gasteiger partial charge in [0.2, 0.25) is 0 Å². The smallest absolute Gasteiger partial charge is 0.0168 e. The molecule has 0 N–H and O–H groups in total. The van der Waals surface area contributed by atoms with Crippen molar-refractivity contribution in [2.45, 2.75) is 57.3 Å². The van der Waals surface area contributed by atoms with Gasteiger partial charge in [0.25, 0.3) is 0 Å². The van der Waals surface area contributed by atoms with Gasteiger partial charge in [0.05, 0.1) is 0 Å². The van der Waals surface area contributed by atoms with E-state index in [1.165, 1.54) is 48.5 Å². The first-order valence-electron chi connectivity index (χ1n) is 6.53. The highest BCUT2D eigenvalue weighted by molar-refractivity contribution is 14.1. The maximum absolute atomic E-state index is 2.51. The fraction of sp³-hybridized carbons (Fsp3) is 0.600. The lowest BCUT2D eigenvalue weighted by Crippen LogP contribution is -2.29. The third kappa shape index (κ3) is 2.44. The van der Waals surface area contributed by atoms with E-state index < -0.39 is 0 Å². The summed E-state index contributed by atoms with van der Waals surface area (Å²) in [5.41, 5.74) is 2.13. The lowest BCUT2D eigenvalue weighted by atomic mass is 9.67. The van der Waals surface area contributed by atoms with E-state index in [-0.39, 0.29) is 0 Å². The molecule has 1 fully saturated rings. The molecule has 1 heteroatoms. The average molecular weight is 328 g/mol. The highest BCUT2D eigenvalue weighted by Gasteiger charge is 2.33. The van der Waals surface area contributed by atoms with Crippen molar-refractivity contribution in [3.63, 3.8) is 0 Å². The first-order chi connectivity index (χ1) is 7.78. The van der Waals surface area contributed by atoms with Gasteiger partial charge in [-0.25, -0.2) is 0 Å². The van der Waals surface area contributed by atoms with E-state index in [0.29, 0.717) is 5.41 Å². The van der Waals surface area contributed by atoms with Crippen molar-refractivity contribution in [3.05, 3.63) is 33.4 Å². The van der Waals surface area contributed by atoms with Crippen molar-refractivity contribution in [1.29, 1.82) is 0 Å². The molecule has 0 heterocycles. The summed E-state index contributed by atoms with van der Waals surface area (Å²) in [5, 5.41) is 0. The Balaban J connectivity index is 2.34. The van der Waals surface area contributed by atoms with Crippen molar-refractivity contribution in [2.75, 3.05) is 0 Å². The Hall–Kier alpha value is -0.0500. The molecule has 0 nitrogen and oxygen atoms in total. The monoisotopic (exact) mass is 328 g/mol. The fourth-order valence-electron chi connectivity index (χ4n) is 3.25. The average Bonchev–Trinajstić information content (AvgIpc) is 2.31. The molecule has 0 aromatic heterocycles. The molecule has 16 heavy (non-hydrogen) atoms. The second-order valence-corrected chi connectivity index (χ2v) is 6.23. The van der Waals surface area contributed by atoms with E-state index in [1.54, 1.807) is 5.56 Å². The number of hydrogen-bond acceptors (Lipinski definition) is 0. The van der Waals surface area contributed by atoms with Gasteiger partial charge < -0.3 is 0 Å². The SMILES string of the molecule is CCCC1(c2ccccc2I)CCCCC1. The molecule has 1 aromatic carbocycles. The Morgan fingerprint density at radius 2 is 1.81 bits per heavy atom. The molecule has 0 amide bonds. The Labute approximate surface area is 113 Å². The predicted octanol–water partition coefficient (Wildman–Crippen LogP) is 5.29. The summed E-state index contributed by atoms with van der Waals surface area (Å²) >= 11 is 2.51.